The first-order chi connectivity index (χ1) is 12.6. The normalized spacial score (nSPS) is 14.8. The molecule has 2 aromatic rings. The molecule has 2 aliphatic rings. The van der Waals surface area contributed by atoms with Gasteiger partial charge in [-0.3, -0.25) is 19.2 Å². The lowest BCUT2D eigenvalue weighted by atomic mass is 10.1. The van der Waals surface area contributed by atoms with Gasteiger partial charge in [0.15, 0.2) is 0 Å². The van der Waals surface area contributed by atoms with Crippen LogP contribution in [0.1, 0.15) is 41.4 Å². The fraction of sp³-hybridized carbons (Fsp3) is 0. The second-order valence-electron chi connectivity index (χ2n) is 5.58. The maximum Gasteiger partial charge on any atom is 0.207 e. The van der Waals surface area contributed by atoms with E-state index in [9.17, 15) is 19.2 Å². The van der Waals surface area contributed by atoms with Gasteiger partial charge in [0, 0.05) is 34.0 Å². The van der Waals surface area contributed by atoms with Crippen molar-refractivity contribution in [1.82, 2.24) is 0 Å². The first-order valence-electron chi connectivity index (χ1n) is 7.62. The van der Waals surface area contributed by atoms with E-state index in [2.05, 4.69) is 21.9 Å². The Morgan fingerprint density at radius 3 is 1.04 bits per heavy atom. The van der Waals surface area contributed by atoms with Crippen molar-refractivity contribution in [3.05, 3.63) is 81.9 Å². The van der Waals surface area contributed by atoms with E-state index in [1.807, 2.05) is 0 Å². The van der Waals surface area contributed by atoms with E-state index in [-0.39, 0.29) is 33.4 Å². The van der Waals surface area contributed by atoms with Crippen molar-refractivity contribution in [3.8, 4) is 0 Å². The summed E-state index contributed by atoms with van der Waals surface area (Å²) < 4.78 is 0. The van der Waals surface area contributed by atoms with E-state index < -0.39 is 23.1 Å². The molecule has 26 heavy (non-hydrogen) atoms. The Kier molecular flexibility index (Phi) is 3.48. The van der Waals surface area contributed by atoms with Crippen molar-refractivity contribution in [2.45, 2.75) is 0 Å². The van der Waals surface area contributed by atoms with Gasteiger partial charge in [-0.1, -0.05) is 58.7 Å². The van der Waals surface area contributed by atoms with Gasteiger partial charge in [-0.2, -0.15) is 0 Å². The summed E-state index contributed by atoms with van der Waals surface area (Å²) in [5, 5.41) is 6.98. The highest BCUT2D eigenvalue weighted by Gasteiger charge is 2.34. The van der Waals surface area contributed by atoms with Crippen LogP contribution in [-0.2, 0) is 0 Å². The number of ketones is 4. The van der Waals surface area contributed by atoms with E-state index >= 15 is 0 Å². The highest BCUT2D eigenvalue weighted by molar-refractivity contribution is 6.43. The molecule has 0 radical (unpaired) electrons. The number of allylic oxidation sites excluding steroid dienone is 2. The Hall–Kier alpha value is -3.98. The number of fused-ring (bicyclic) bond motifs is 2. The molecular weight excluding hydrogens is 332 g/mol. The summed E-state index contributed by atoms with van der Waals surface area (Å²) in [6.07, 6.45) is 0. The van der Waals surface area contributed by atoms with Crippen molar-refractivity contribution < 1.29 is 19.2 Å². The molecule has 0 fully saturated rings. The average Bonchev–Trinajstić information content (AvgIpc) is 3.06. The first-order valence-corrected chi connectivity index (χ1v) is 7.62. The van der Waals surface area contributed by atoms with E-state index in [4.69, 9.17) is 0 Å². The molecule has 0 N–H and O–H groups in total. The fourth-order valence-corrected chi connectivity index (χ4v) is 2.86. The largest absolute Gasteiger partial charge is 0.288 e. The SMILES string of the molecule is O=C1C(=C=NN=C=C2C(=O)c3ccccc3C2=O)C(=O)c2ccccc21. The second-order valence-corrected chi connectivity index (χ2v) is 5.58. The van der Waals surface area contributed by atoms with Crippen LogP contribution < -0.4 is 0 Å². The Morgan fingerprint density at radius 2 is 0.769 bits per heavy atom. The summed E-state index contributed by atoms with van der Waals surface area (Å²) in [5.41, 5.74) is 0.662. The van der Waals surface area contributed by atoms with Crippen molar-refractivity contribution in [3.63, 3.8) is 0 Å². The summed E-state index contributed by atoms with van der Waals surface area (Å²) in [5.74, 6) is 2.61. The Balaban J connectivity index is 1.70. The van der Waals surface area contributed by atoms with Crippen LogP contribution in [0.15, 0.2) is 69.9 Å². The van der Waals surface area contributed by atoms with Crippen molar-refractivity contribution >= 4 is 34.9 Å². The smallest absolute Gasteiger partial charge is 0.207 e. The molecular formula is C20H8N2O4. The van der Waals surface area contributed by atoms with E-state index in [1.165, 1.54) is 0 Å². The molecule has 6 nitrogen and oxygen atoms in total. The third-order valence-corrected chi connectivity index (χ3v) is 4.11. The van der Waals surface area contributed by atoms with Crippen LogP contribution in [0.2, 0.25) is 0 Å². The molecule has 0 atom stereocenters. The molecule has 0 aliphatic heterocycles. The molecule has 2 aromatic carbocycles. The van der Waals surface area contributed by atoms with Gasteiger partial charge in [-0.25, -0.2) is 0 Å². The lowest BCUT2D eigenvalue weighted by Crippen LogP contribution is -2.01. The predicted molar refractivity (Wildman–Crippen MR) is 92.1 cm³/mol. The van der Waals surface area contributed by atoms with Gasteiger partial charge in [0.2, 0.25) is 23.1 Å². The molecule has 0 bridgehead atoms. The van der Waals surface area contributed by atoms with Crippen LogP contribution in [0.4, 0.5) is 0 Å². The first kappa shape index (κ1) is 15.5. The summed E-state index contributed by atoms with van der Waals surface area (Å²) in [4.78, 5) is 48.6. The van der Waals surface area contributed by atoms with Crippen molar-refractivity contribution in [2.24, 2.45) is 10.2 Å². The van der Waals surface area contributed by atoms with E-state index in [0.29, 0.717) is 0 Å². The molecule has 6 heteroatoms. The maximum atomic E-state index is 12.2. The zero-order chi connectivity index (χ0) is 18.3. The fourth-order valence-electron chi connectivity index (χ4n) is 2.86. The molecule has 0 aromatic heterocycles. The number of nitrogens with zero attached hydrogens (tertiary/aromatic N) is 2. The zero-order valence-electron chi connectivity index (χ0n) is 13.1. The van der Waals surface area contributed by atoms with E-state index in [0.717, 1.165) is 0 Å². The van der Waals surface area contributed by atoms with Crippen molar-refractivity contribution in [2.75, 3.05) is 0 Å². The van der Waals surface area contributed by atoms with E-state index in [1.54, 1.807) is 48.5 Å². The maximum absolute atomic E-state index is 12.2. The molecule has 0 heterocycles. The predicted octanol–water partition coefficient (Wildman–Crippen LogP) is 2.25. The zero-order valence-corrected chi connectivity index (χ0v) is 13.1. The number of benzene rings is 2. The third-order valence-electron chi connectivity index (χ3n) is 4.11. The number of carbonyl (C=O) groups excluding carboxylic acids is 4. The van der Waals surface area contributed by atoms with Gasteiger partial charge in [0.05, 0.1) is 0 Å². The molecule has 0 saturated heterocycles. The van der Waals surface area contributed by atoms with Crippen LogP contribution in [0, 0.1) is 0 Å². The van der Waals surface area contributed by atoms with Gasteiger partial charge in [-0.05, 0) is 0 Å². The van der Waals surface area contributed by atoms with Gasteiger partial charge in [-0.15, -0.1) is 0 Å². The van der Waals surface area contributed by atoms with Crippen LogP contribution in [0.3, 0.4) is 0 Å². The summed E-state index contributed by atoms with van der Waals surface area (Å²) in [6, 6.07) is 12.8. The summed E-state index contributed by atoms with van der Waals surface area (Å²) in [6.45, 7) is 0. The number of Topliss-reactive ketones (excluding diaryl/α,β-unsaturated/α-hetero) is 4. The molecule has 0 spiro atoms. The third kappa shape index (κ3) is 2.23. The minimum absolute atomic E-state index is 0.242. The Labute approximate surface area is 146 Å². The number of carbonyl (C=O) groups is 4. The lowest BCUT2D eigenvalue weighted by molar-refractivity contribution is 0.0976. The highest BCUT2D eigenvalue weighted by Crippen LogP contribution is 2.25. The minimum atomic E-state index is -0.488. The van der Waals surface area contributed by atoms with Crippen LogP contribution in [-0.4, -0.2) is 34.9 Å². The van der Waals surface area contributed by atoms with Crippen molar-refractivity contribution in [1.29, 1.82) is 0 Å². The summed E-state index contributed by atoms with van der Waals surface area (Å²) >= 11 is 0. The molecule has 0 unspecified atom stereocenters. The average molecular weight is 340 g/mol. The standard InChI is InChI=1S/C20H8N2O4/c23-17-11-5-1-2-6-12(11)18(24)15(17)9-21-22-10-16-19(25)13-7-3-4-8-14(13)20(16)26/h1-8H. The lowest BCUT2D eigenvalue weighted by Gasteiger charge is -1.90. The minimum Gasteiger partial charge on any atom is -0.288 e. The Bertz CT molecular complexity index is 1010. The quantitative estimate of drug-likeness (QED) is 0.344. The summed E-state index contributed by atoms with van der Waals surface area (Å²) in [7, 11) is 0. The topological polar surface area (TPSA) is 93.0 Å². The number of rotatable bonds is 1. The molecule has 4 rings (SSSR count). The van der Waals surface area contributed by atoms with Gasteiger partial charge < -0.3 is 0 Å². The van der Waals surface area contributed by atoms with Gasteiger partial charge in [0.25, 0.3) is 0 Å². The van der Waals surface area contributed by atoms with Crippen LogP contribution in [0.5, 0.6) is 0 Å². The number of hydrogen-bond donors (Lipinski definition) is 0. The molecule has 2 aliphatic carbocycles. The molecule has 0 saturated carbocycles. The molecule has 0 amide bonds. The monoisotopic (exact) mass is 340 g/mol. The van der Waals surface area contributed by atoms with Crippen LogP contribution in [0.25, 0.3) is 0 Å². The molecule has 122 valence electrons. The van der Waals surface area contributed by atoms with Gasteiger partial charge >= 0.3 is 0 Å². The second kappa shape index (κ2) is 5.83. The number of hydrogen-bond acceptors (Lipinski definition) is 6. The van der Waals surface area contributed by atoms with Gasteiger partial charge in [0.1, 0.15) is 11.1 Å². The highest BCUT2D eigenvalue weighted by atomic mass is 16.2. The van der Waals surface area contributed by atoms with Crippen LogP contribution >= 0.6 is 0 Å². The Morgan fingerprint density at radius 1 is 0.500 bits per heavy atom.